The first kappa shape index (κ1) is 13.1. The van der Waals surface area contributed by atoms with E-state index < -0.39 is 0 Å². The Bertz CT molecular complexity index is 580. The van der Waals surface area contributed by atoms with Gasteiger partial charge in [-0.15, -0.1) is 5.10 Å². The number of hydrogen-bond donors (Lipinski definition) is 1. The van der Waals surface area contributed by atoms with Gasteiger partial charge in [0.1, 0.15) is 0 Å². The molecule has 1 aliphatic rings. The minimum atomic E-state index is 0.384. The molecule has 0 spiro atoms. The summed E-state index contributed by atoms with van der Waals surface area (Å²) in [5.41, 5.74) is 8.82. The van der Waals surface area contributed by atoms with Crippen LogP contribution >= 0.6 is 0 Å². The van der Waals surface area contributed by atoms with Gasteiger partial charge in [0.05, 0.1) is 6.04 Å². The van der Waals surface area contributed by atoms with Crippen molar-refractivity contribution in [2.24, 2.45) is 5.92 Å². The van der Waals surface area contributed by atoms with Crippen molar-refractivity contribution < 1.29 is 0 Å². The van der Waals surface area contributed by atoms with Gasteiger partial charge in [-0.1, -0.05) is 19.8 Å². The molecular weight excluding hydrogens is 250 g/mol. The van der Waals surface area contributed by atoms with E-state index in [1.165, 1.54) is 19.3 Å². The van der Waals surface area contributed by atoms with Crippen LogP contribution in [0.4, 0.5) is 5.69 Å². The van der Waals surface area contributed by atoms with Gasteiger partial charge < -0.3 is 5.73 Å². The Morgan fingerprint density at radius 1 is 1.35 bits per heavy atom. The fraction of sp³-hybridized carbons (Fsp3) is 0.533. The predicted octanol–water partition coefficient (Wildman–Crippen LogP) is 2.98. The van der Waals surface area contributed by atoms with Crippen molar-refractivity contribution in [3.8, 4) is 11.4 Å². The Morgan fingerprint density at radius 2 is 2.15 bits per heavy atom. The van der Waals surface area contributed by atoms with Crippen LogP contribution in [0, 0.1) is 12.8 Å². The zero-order valence-corrected chi connectivity index (χ0v) is 12.1. The average molecular weight is 271 g/mol. The van der Waals surface area contributed by atoms with Crippen molar-refractivity contribution in [2.45, 2.75) is 45.6 Å². The number of anilines is 1. The minimum absolute atomic E-state index is 0.384. The SMILES string of the molecule is CCC(CC1CC1)n1nnnc1-c1cc(C)cc(N)c1. The fourth-order valence-corrected chi connectivity index (χ4v) is 2.75. The Balaban J connectivity index is 1.95. The van der Waals surface area contributed by atoms with Gasteiger partial charge in [-0.25, -0.2) is 4.68 Å². The van der Waals surface area contributed by atoms with E-state index in [1.807, 2.05) is 23.7 Å². The second kappa shape index (κ2) is 5.23. The maximum Gasteiger partial charge on any atom is 0.182 e. The highest BCUT2D eigenvalue weighted by atomic mass is 15.5. The van der Waals surface area contributed by atoms with E-state index in [0.717, 1.165) is 35.0 Å². The van der Waals surface area contributed by atoms with Crippen LogP contribution in [0.25, 0.3) is 11.4 Å². The van der Waals surface area contributed by atoms with Gasteiger partial charge in [0, 0.05) is 11.3 Å². The molecule has 0 radical (unpaired) electrons. The van der Waals surface area contributed by atoms with Gasteiger partial charge >= 0.3 is 0 Å². The molecule has 5 heteroatoms. The molecule has 0 saturated heterocycles. The Morgan fingerprint density at radius 3 is 2.80 bits per heavy atom. The number of hydrogen-bond acceptors (Lipinski definition) is 4. The molecule has 2 N–H and O–H groups in total. The van der Waals surface area contributed by atoms with E-state index in [-0.39, 0.29) is 0 Å². The summed E-state index contributed by atoms with van der Waals surface area (Å²) >= 11 is 0. The molecule has 106 valence electrons. The highest BCUT2D eigenvalue weighted by molar-refractivity contribution is 5.62. The summed E-state index contributed by atoms with van der Waals surface area (Å²) in [4.78, 5) is 0. The normalized spacial score (nSPS) is 16.3. The van der Waals surface area contributed by atoms with Crippen LogP contribution in [0.5, 0.6) is 0 Å². The largest absolute Gasteiger partial charge is 0.399 e. The van der Waals surface area contributed by atoms with Gasteiger partial charge in [0.15, 0.2) is 5.82 Å². The number of aromatic nitrogens is 4. The van der Waals surface area contributed by atoms with E-state index in [0.29, 0.717) is 6.04 Å². The molecule has 1 atom stereocenters. The summed E-state index contributed by atoms with van der Waals surface area (Å²) in [6, 6.07) is 6.37. The molecular formula is C15H21N5. The van der Waals surface area contributed by atoms with E-state index >= 15 is 0 Å². The molecule has 1 aliphatic carbocycles. The quantitative estimate of drug-likeness (QED) is 0.849. The standard InChI is InChI=1S/C15H21N5/c1-3-14(8-11-4-5-11)20-15(17-18-19-20)12-6-10(2)7-13(16)9-12/h6-7,9,11,14H,3-5,8,16H2,1-2H3. The van der Waals surface area contributed by atoms with Crippen molar-refractivity contribution in [3.05, 3.63) is 23.8 Å². The molecule has 5 nitrogen and oxygen atoms in total. The van der Waals surface area contributed by atoms with E-state index in [9.17, 15) is 0 Å². The zero-order chi connectivity index (χ0) is 14.1. The molecule has 1 aromatic heterocycles. The first-order valence-electron chi connectivity index (χ1n) is 7.32. The summed E-state index contributed by atoms with van der Waals surface area (Å²) in [5.74, 6) is 1.69. The minimum Gasteiger partial charge on any atom is -0.399 e. The Hall–Kier alpha value is -1.91. The molecule has 2 aromatic rings. The van der Waals surface area contributed by atoms with Crippen molar-refractivity contribution in [3.63, 3.8) is 0 Å². The number of tetrazole rings is 1. The van der Waals surface area contributed by atoms with Gasteiger partial charge in [-0.3, -0.25) is 0 Å². The predicted molar refractivity (Wildman–Crippen MR) is 79.1 cm³/mol. The highest BCUT2D eigenvalue weighted by Gasteiger charge is 2.27. The zero-order valence-electron chi connectivity index (χ0n) is 12.1. The van der Waals surface area contributed by atoms with Gasteiger partial charge in [0.25, 0.3) is 0 Å². The van der Waals surface area contributed by atoms with Crippen LogP contribution < -0.4 is 5.73 Å². The lowest BCUT2D eigenvalue weighted by Gasteiger charge is -2.16. The second-order valence-electron chi connectivity index (χ2n) is 5.82. The first-order chi connectivity index (χ1) is 9.67. The fourth-order valence-electron chi connectivity index (χ4n) is 2.75. The van der Waals surface area contributed by atoms with Crippen LogP contribution in [0.3, 0.4) is 0 Å². The Kier molecular flexibility index (Phi) is 3.42. The highest BCUT2D eigenvalue weighted by Crippen LogP contribution is 2.38. The molecule has 1 fully saturated rings. The van der Waals surface area contributed by atoms with Crippen molar-refractivity contribution in [2.75, 3.05) is 5.73 Å². The third kappa shape index (κ3) is 2.66. The van der Waals surface area contributed by atoms with Crippen LogP contribution in [-0.4, -0.2) is 20.2 Å². The maximum atomic E-state index is 5.94. The monoisotopic (exact) mass is 271 g/mol. The first-order valence-corrected chi connectivity index (χ1v) is 7.32. The van der Waals surface area contributed by atoms with Crippen molar-refractivity contribution >= 4 is 5.69 Å². The second-order valence-corrected chi connectivity index (χ2v) is 5.82. The lowest BCUT2D eigenvalue weighted by Crippen LogP contribution is -2.12. The molecule has 1 heterocycles. The van der Waals surface area contributed by atoms with Crippen molar-refractivity contribution in [1.82, 2.24) is 20.2 Å². The van der Waals surface area contributed by atoms with Crippen LogP contribution in [0.2, 0.25) is 0 Å². The van der Waals surface area contributed by atoms with Gasteiger partial charge in [0.2, 0.25) is 0 Å². The van der Waals surface area contributed by atoms with Gasteiger partial charge in [-0.05, 0) is 59.9 Å². The molecule has 0 aliphatic heterocycles. The summed E-state index contributed by atoms with van der Waals surface area (Å²) in [6.07, 6.45) is 4.93. The van der Waals surface area contributed by atoms with Crippen LogP contribution in [-0.2, 0) is 0 Å². The van der Waals surface area contributed by atoms with E-state index in [4.69, 9.17) is 5.73 Å². The number of nitrogen functional groups attached to an aromatic ring is 1. The number of nitrogens with zero attached hydrogens (tertiary/aromatic N) is 4. The molecule has 1 unspecified atom stereocenters. The van der Waals surface area contributed by atoms with Crippen LogP contribution in [0.1, 0.15) is 44.2 Å². The van der Waals surface area contributed by atoms with Gasteiger partial charge in [-0.2, -0.15) is 0 Å². The summed E-state index contributed by atoms with van der Waals surface area (Å²) in [6.45, 7) is 4.23. The topological polar surface area (TPSA) is 69.6 Å². The summed E-state index contributed by atoms with van der Waals surface area (Å²) < 4.78 is 1.98. The summed E-state index contributed by atoms with van der Waals surface area (Å²) in [7, 11) is 0. The molecule has 1 saturated carbocycles. The lowest BCUT2D eigenvalue weighted by molar-refractivity contribution is 0.388. The lowest BCUT2D eigenvalue weighted by atomic mass is 10.1. The molecule has 0 bridgehead atoms. The summed E-state index contributed by atoms with van der Waals surface area (Å²) in [5, 5.41) is 12.3. The smallest absolute Gasteiger partial charge is 0.182 e. The third-order valence-corrected chi connectivity index (χ3v) is 3.97. The molecule has 3 rings (SSSR count). The third-order valence-electron chi connectivity index (χ3n) is 3.97. The molecule has 1 aromatic carbocycles. The molecule has 0 amide bonds. The number of nitrogens with two attached hydrogens (primary N) is 1. The van der Waals surface area contributed by atoms with Crippen molar-refractivity contribution in [1.29, 1.82) is 0 Å². The number of aryl methyl sites for hydroxylation is 1. The Labute approximate surface area is 119 Å². The van der Waals surface area contributed by atoms with E-state index in [1.54, 1.807) is 0 Å². The van der Waals surface area contributed by atoms with Crippen LogP contribution in [0.15, 0.2) is 18.2 Å². The molecule has 20 heavy (non-hydrogen) atoms. The van der Waals surface area contributed by atoms with E-state index in [2.05, 4.69) is 28.5 Å². The average Bonchev–Trinajstić information content (AvgIpc) is 3.09. The number of benzene rings is 1. The maximum absolute atomic E-state index is 5.94. The number of rotatable bonds is 5.